The average Bonchev–Trinajstić information content (AvgIpc) is 2.71. The standard InChI is InChI=1S/C22H29Cl2FN2O2/c1-4-27(5-2)11-7-10-26-14-16-12-19(24)22(21(13-16)28-3)29-15-17-18(23)8-6-9-20(17)25/h6,8-9,12-13,26H,4-5,7,10-11,14-15H2,1-3H3. The van der Waals surface area contributed by atoms with Crippen LogP contribution in [0.15, 0.2) is 30.3 Å². The van der Waals surface area contributed by atoms with E-state index in [0.717, 1.165) is 38.2 Å². The topological polar surface area (TPSA) is 33.7 Å². The SMILES string of the molecule is CCN(CC)CCCNCc1cc(Cl)c(OCc2c(F)cccc2Cl)c(OC)c1. The molecule has 0 bridgehead atoms. The van der Waals surface area contributed by atoms with E-state index in [-0.39, 0.29) is 12.2 Å². The van der Waals surface area contributed by atoms with Crippen LogP contribution in [0.25, 0.3) is 0 Å². The zero-order valence-corrected chi connectivity index (χ0v) is 18.7. The van der Waals surface area contributed by atoms with Crippen LogP contribution in [-0.4, -0.2) is 38.2 Å². The second kappa shape index (κ2) is 12.2. The fourth-order valence-electron chi connectivity index (χ4n) is 3.03. The van der Waals surface area contributed by atoms with Crippen LogP contribution >= 0.6 is 23.2 Å². The van der Waals surface area contributed by atoms with Gasteiger partial charge in [0.1, 0.15) is 12.4 Å². The van der Waals surface area contributed by atoms with Gasteiger partial charge in [0.25, 0.3) is 0 Å². The fraction of sp³-hybridized carbons (Fsp3) is 0.455. The first-order valence-electron chi connectivity index (χ1n) is 9.85. The molecule has 160 valence electrons. The molecule has 29 heavy (non-hydrogen) atoms. The van der Waals surface area contributed by atoms with E-state index >= 15 is 0 Å². The number of halogens is 3. The van der Waals surface area contributed by atoms with Crippen LogP contribution < -0.4 is 14.8 Å². The average molecular weight is 443 g/mol. The zero-order chi connectivity index (χ0) is 21.2. The molecule has 2 rings (SSSR count). The molecule has 0 radical (unpaired) electrons. The molecule has 0 heterocycles. The van der Waals surface area contributed by atoms with Crippen LogP contribution in [-0.2, 0) is 13.2 Å². The summed E-state index contributed by atoms with van der Waals surface area (Å²) in [5, 5.41) is 4.15. The van der Waals surface area contributed by atoms with Crippen LogP contribution in [0.3, 0.4) is 0 Å². The van der Waals surface area contributed by atoms with Gasteiger partial charge in [-0.1, -0.05) is 43.1 Å². The molecule has 0 aromatic heterocycles. The minimum atomic E-state index is -0.418. The smallest absolute Gasteiger partial charge is 0.180 e. The molecule has 0 fully saturated rings. The van der Waals surface area contributed by atoms with Gasteiger partial charge in [0.05, 0.1) is 17.2 Å². The highest BCUT2D eigenvalue weighted by atomic mass is 35.5. The van der Waals surface area contributed by atoms with Gasteiger partial charge < -0.3 is 19.7 Å². The van der Waals surface area contributed by atoms with Crippen molar-refractivity contribution in [3.05, 3.63) is 57.3 Å². The molecule has 0 aliphatic carbocycles. The van der Waals surface area contributed by atoms with Crippen molar-refractivity contribution in [2.45, 2.75) is 33.4 Å². The Hall–Kier alpha value is -1.53. The van der Waals surface area contributed by atoms with Crippen LogP contribution in [0.4, 0.5) is 4.39 Å². The lowest BCUT2D eigenvalue weighted by Gasteiger charge is -2.18. The van der Waals surface area contributed by atoms with Gasteiger partial charge in [0, 0.05) is 12.1 Å². The quantitative estimate of drug-likeness (QED) is 0.437. The molecule has 0 amide bonds. The lowest BCUT2D eigenvalue weighted by molar-refractivity contribution is 0.279. The van der Waals surface area contributed by atoms with Gasteiger partial charge in [-0.15, -0.1) is 0 Å². The Labute approximate surface area is 182 Å². The van der Waals surface area contributed by atoms with Gasteiger partial charge >= 0.3 is 0 Å². The van der Waals surface area contributed by atoms with Crippen molar-refractivity contribution >= 4 is 23.2 Å². The molecule has 1 N–H and O–H groups in total. The fourth-order valence-corrected chi connectivity index (χ4v) is 3.54. The highest BCUT2D eigenvalue weighted by molar-refractivity contribution is 6.32. The van der Waals surface area contributed by atoms with Gasteiger partial charge in [-0.3, -0.25) is 0 Å². The van der Waals surface area contributed by atoms with Gasteiger partial charge in [-0.25, -0.2) is 4.39 Å². The third-order valence-electron chi connectivity index (χ3n) is 4.76. The second-order valence-corrected chi connectivity index (χ2v) is 7.47. The van der Waals surface area contributed by atoms with E-state index in [9.17, 15) is 4.39 Å². The molecule has 7 heteroatoms. The molecule has 0 unspecified atom stereocenters. The van der Waals surface area contributed by atoms with Crippen LogP contribution in [0.2, 0.25) is 10.0 Å². The summed E-state index contributed by atoms with van der Waals surface area (Å²) in [5.41, 5.74) is 1.28. The van der Waals surface area contributed by atoms with Gasteiger partial charge in [-0.05, 0) is 62.4 Å². The molecule has 2 aromatic rings. The summed E-state index contributed by atoms with van der Waals surface area (Å²) in [6.45, 7) is 9.13. The normalized spacial score (nSPS) is 11.1. The van der Waals surface area contributed by atoms with E-state index in [1.807, 2.05) is 12.1 Å². The van der Waals surface area contributed by atoms with Gasteiger partial charge in [0.15, 0.2) is 11.5 Å². The molecule has 0 atom stereocenters. The first kappa shape index (κ1) is 23.7. The minimum absolute atomic E-state index is 0.0372. The monoisotopic (exact) mass is 442 g/mol. The summed E-state index contributed by atoms with van der Waals surface area (Å²) in [5.74, 6) is 0.460. The third-order valence-corrected chi connectivity index (χ3v) is 5.40. The molecule has 4 nitrogen and oxygen atoms in total. The van der Waals surface area contributed by atoms with Crippen molar-refractivity contribution in [3.63, 3.8) is 0 Å². The first-order valence-corrected chi connectivity index (χ1v) is 10.6. The van der Waals surface area contributed by atoms with Gasteiger partial charge in [-0.2, -0.15) is 0 Å². The molecular weight excluding hydrogens is 414 g/mol. The van der Waals surface area contributed by atoms with Crippen LogP contribution in [0, 0.1) is 5.82 Å². The van der Waals surface area contributed by atoms with E-state index in [1.165, 1.54) is 6.07 Å². The number of ether oxygens (including phenoxy) is 2. The van der Waals surface area contributed by atoms with Crippen LogP contribution in [0.1, 0.15) is 31.4 Å². The van der Waals surface area contributed by atoms with Crippen molar-refractivity contribution in [2.75, 3.05) is 33.3 Å². The van der Waals surface area contributed by atoms with E-state index in [1.54, 1.807) is 19.2 Å². The Bertz CT molecular complexity index is 765. The Balaban J connectivity index is 1.96. The summed E-state index contributed by atoms with van der Waals surface area (Å²) in [7, 11) is 1.55. The Kier molecular flexibility index (Phi) is 10.0. The van der Waals surface area contributed by atoms with E-state index in [4.69, 9.17) is 32.7 Å². The molecule has 2 aromatic carbocycles. The van der Waals surface area contributed by atoms with Crippen molar-refractivity contribution in [1.29, 1.82) is 0 Å². The molecule has 0 saturated heterocycles. The molecular formula is C22H29Cl2FN2O2. The summed E-state index contributed by atoms with van der Waals surface area (Å²) >= 11 is 12.5. The number of hydrogen-bond donors (Lipinski definition) is 1. The molecule has 0 saturated carbocycles. The predicted molar refractivity (Wildman–Crippen MR) is 118 cm³/mol. The van der Waals surface area contributed by atoms with E-state index in [2.05, 4.69) is 24.1 Å². The summed E-state index contributed by atoms with van der Waals surface area (Å²) < 4.78 is 25.1. The predicted octanol–water partition coefficient (Wildman–Crippen LogP) is 5.54. The number of hydrogen-bond acceptors (Lipinski definition) is 4. The van der Waals surface area contributed by atoms with E-state index < -0.39 is 5.82 Å². The van der Waals surface area contributed by atoms with Crippen molar-refractivity contribution in [3.8, 4) is 11.5 Å². The zero-order valence-electron chi connectivity index (χ0n) is 17.2. The van der Waals surface area contributed by atoms with Crippen molar-refractivity contribution < 1.29 is 13.9 Å². The lowest BCUT2D eigenvalue weighted by atomic mass is 10.2. The maximum absolute atomic E-state index is 14.0. The first-order chi connectivity index (χ1) is 14.0. The summed E-state index contributed by atoms with van der Waals surface area (Å²) in [6.07, 6.45) is 1.08. The number of methoxy groups -OCH3 is 1. The number of nitrogens with one attached hydrogen (secondary N) is 1. The highest BCUT2D eigenvalue weighted by Crippen LogP contribution is 2.37. The summed E-state index contributed by atoms with van der Waals surface area (Å²) in [6, 6.07) is 8.23. The molecule has 0 aliphatic rings. The second-order valence-electron chi connectivity index (χ2n) is 6.66. The van der Waals surface area contributed by atoms with Gasteiger partial charge in [0.2, 0.25) is 0 Å². The number of nitrogens with zero attached hydrogens (tertiary/aromatic N) is 1. The Morgan fingerprint density at radius 1 is 1.10 bits per heavy atom. The largest absolute Gasteiger partial charge is 0.493 e. The molecule has 0 aliphatic heterocycles. The highest BCUT2D eigenvalue weighted by Gasteiger charge is 2.15. The third kappa shape index (κ3) is 7.03. The Morgan fingerprint density at radius 3 is 2.52 bits per heavy atom. The summed E-state index contributed by atoms with van der Waals surface area (Å²) in [4.78, 5) is 2.40. The van der Waals surface area contributed by atoms with Crippen molar-refractivity contribution in [1.82, 2.24) is 10.2 Å². The van der Waals surface area contributed by atoms with Crippen LogP contribution in [0.5, 0.6) is 11.5 Å². The van der Waals surface area contributed by atoms with Crippen molar-refractivity contribution in [2.24, 2.45) is 0 Å². The van der Waals surface area contributed by atoms with E-state index in [0.29, 0.717) is 28.1 Å². The number of rotatable bonds is 12. The lowest BCUT2D eigenvalue weighted by Crippen LogP contribution is -2.27. The Morgan fingerprint density at radius 2 is 1.86 bits per heavy atom. The maximum atomic E-state index is 14.0. The molecule has 0 spiro atoms. The number of benzene rings is 2. The minimum Gasteiger partial charge on any atom is -0.493 e. The maximum Gasteiger partial charge on any atom is 0.180 e.